The zero-order valence-corrected chi connectivity index (χ0v) is 11.1. The number of amides is 1. The topological polar surface area (TPSA) is 29.5 Å². The highest BCUT2D eigenvalue weighted by Crippen LogP contribution is 2.36. The largest absolute Gasteiger partial charge is 0.416 e. The lowest BCUT2D eigenvalue weighted by Gasteiger charge is -2.27. The molecule has 0 N–H and O–H groups in total. The number of carbonyl (C=O) groups is 1. The summed E-state index contributed by atoms with van der Waals surface area (Å²) in [4.78, 5) is 12.7. The van der Waals surface area contributed by atoms with E-state index in [-0.39, 0.29) is 37.9 Å². The van der Waals surface area contributed by atoms with Crippen molar-refractivity contribution in [3.05, 3.63) is 34.9 Å². The summed E-state index contributed by atoms with van der Waals surface area (Å²) in [6, 6.07) is 1.31. The van der Waals surface area contributed by atoms with Gasteiger partial charge >= 0.3 is 12.4 Å². The molecule has 0 radical (unpaired) electrons. The lowest BCUT2D eigenvalue weighted by molar-refractivity contribution is -0.143. The quantitative estimate of drug-likeness (QED) is 0.781. The van der Waals surface area contributed by atoms with Crippen molar-refractivity contribution in [1.82, 2.24) is 4.90 Å². The van der Waals surface area contributed by atoms with Gasteiger partial charge in [0.1, 0.15) is 6.61 Å². The molecule has 1 fully saturated rings. The summed E-state index contributed by atoms with van der Waals surface area (Å²) in [5.41, 5.74) is -3.01. The number of halogens is 6. The number of alkyl halides is 6. The number of benzene rings is 1. The van der Waals surface area contributed by atoms with Gasteiger partial charge in [-0.1, -0.05) is 0 Å². The van der Waals surface area contributed by atoms with Crippen molar-refractivity contribution in [1.29, 1.82) is 0 Å². The summed E-state index contributed by atoms with van der Waals surface area (Å²) in [5, 5.41) is 0. The van der Waals surface area contributed by atoms with Gasteiger partial charge < -0.3 is 9.64 Å². The van der Waals surface area contributed by atoms with E-state index in [0.29, 0.717) is 12.1 Å². The molecular weight excluding hydrogens is 316 g/mol. The van der Waals surface area contributed by atoms with E-state index < -0.39 is 29.4 Å². The molecule has 0 aromatic heterocycles. The first-order valence-electron chi connectivity index (χ1n) is 6.21. The van der Waals surface area contributed by atoms with Gasteiger partial charge in [0.05, 0.1) is 17.7 Å². The normalized spacial score (nSPS) is 17.0. The van der Waals surface area contributed by atoms with Gasteiger partial charge in [0.2, 0.25) is 5.91 Å². The summed E-state index contributed by atoms with van der Waals surface area (Å²) in [6.07, 6.45) is -9.80. The van der Waals surface area contributed by atoms with E-state index >= 15 is 0 Å². The first-order valence-corrected chi connectivity index (χ1v) is 6.21. The fourth-order valence-electron chi connectivity index (χ4n) is 2.05. The van der Waals surface area contributed by atoms with Gasteiger partial charge in [-0.2, -0.15) is 26.3 Å². The molecule has 0 unspecified atom stereocenters. The molecule has 1 saturated heterocycles. The van der Waals surface area contributed by atoms with Crippen LogP contribution in [-0.2, 0) is 28.4 Å². The SMILES string of the molecule is O=C1COCCN1Cc1cc(C(F)(F)F)cc(C(F)(F)F)c1. The summed E-state index contributed by atoms with van der Waals surface area (Å²) in [5.74, 6) is -0.475. The van der Waals surface area contributed by atoms with Crippen LogP contribution >= 0.6 is 0 Å². The van der Waals surface area contributed by atoms with E-state index in [4.69, 9.17) is 4.74 Å². The van der Waals surface area contributed by atoms with E-state index in [9.17, 15) is 31.1 Å². The molecule has 1 aliphatic heterocycles. The predicted molar refractivity (Wildman–Crippen MR) is 62.7 cm³/mol. The highest BCUT2D eigenvalue weighted by atomic mass is 19.4. The number of ether oxygens (including phenoxy) is 1. The second-order valence-corrected chi connectivity index (χ2v) is 4.78. The Kier molecular flexibility index (Phi) is 4.37. The summed E-state index contributed by atoms with van der Waals surface area (Å²) >= 11 is 0. The molecule has 3 nitrogen and oxygen atoms in total. The summed E-state index contributed by atoms with van der Waals surface area (Å²) in [6.45, 7) is -0.243. The van der Waals surface area contributed by atoms with Crippen molar-refractivity contribution >= 4 is 5.91 Å². The molecular formula is C13H11F6NO2. The molecule has 1 aromatic rings. The maximum atomic E-state index is 12.7. The van der Waals surface area contributed by atoms with E-state index in [2.05, 4.69) is 0 Å². The Bertz CT molecular complexity index is 534. The van der Waals surface area contributed by atoms with Gasteiger partial charge in [0, 0.05) is 13.1 Å². The number of morpholine rings is 1. The molecule has 1 amide bonds. The highest BCUT2D eigenvalue weighted by Gasteiger charge is 2.37. The average Bonchev–Trinajstić information content (AvgIpc) is 2.39. The second-order valence-electron chi connectivity index (χ2n) is 4.78. The number of nitrogens with zero attached hydrogens (tertiary/aromatic N) is 1. The Morgan fingerprint density at radius 2 is 1.55 bits per heavy atom. The number of hydrogen-bond donors (Lipinski definition) is 0. The minimum Gasteiger partial charge on any atom is -0.370 e. The minimum atomic E-state index is -4.90. The van der Waals surface area contributed by atoms with Gasteiger partial charge in [-0.3, -0.25) is 4.79 Å². The monoisotopic (exact) mass is 327 g/mol. The van der Waals surface area contributed by atoms with Crippen LogP contribution in [0.1, 0.15) is 16.7 Å². The number of hydrogen-bond acceptors (Lipinski definition) is 2. The Morgan fingerprint density at radius 3 is 2.00 bits per heavy atom. The van der Waals surface area contributed by atoms with Crippen LogP contribution in [0.15, 0.2) is 18.2 Å². The molecule has 1 aliphatic rings. The van der Waals surface area contributed by atoms with E-state index in [0.717, 1.165) is 0 Å². The molecule has 1 aromatic carbocycles. The average molecular weight is 327 g/mol. The fourth-order valence-corrected chi connectivity index (χ4v) is 2.05. The maximum Gasteiger partial charge on any atom is 0.416 e. The van der Waals surface area contributed by atoms with Crippen molar-refractivity contribution in [2.75, 3.05) is 19.8 Å². The van der Waals surface area contributed by atoms with Gasteiger partial charge in [-0.15, -0.1) is 0 Å². The molecule has 0 bridgehead atoms. The molecule has 0 saturated carbocycles. The van der Waals surface area contributed by atoms with Crippen LogP contribution in [0, 0.1) is 0 Å². The van der Waals surface area contributed by atoms with Crippen LogP contribution in [0.2, 0.25) is 0 Å². The van der Waals surface area contributed by atoms with Crippen LogP contribution < -0.4 is 0 Å². The van der Waals surface area contributed by atoms with Crippen molar-refractivity contribution < 1.29 is 35.9 Å². The standard InChI is InChI=1S/C13H11F6NO2/c14-12(15,16)9-3-8(4-10(5-9)13(17,18)19)6-20-1-2-22-7-11(20)21/h3-5H,1-2,6-7H2. The second kappa shape index (κ2) is 5.79. The molecule has 9 heteroatoms. The van der Waals surface area contributed by atoms with Gasteiger partial charge in [0.25, 0.3) is 0 Å². The third kappa shape index (κ3) is 3.90. The van der Waals surface area contributed by atoms with Gasteiger partial charge in [-0.25, -0.2) is 0 Å². The first-order chi connectivity index (χ1) is 10.1. The summed E-state index contributed by atoms with van der Waals surface area (Å²) in [7, 11) is 0. The van der Waals surface area contributed by atoms with Gasteiger partial charge in [-0.05, 0) is 23.8 Å². The van der Waals surface area contributed by atoms with Crippen molar-refractivity contribution in [3.8, 4) is 0 Å². The van der Waals surface area contributed by atoms with Crippen LogP contribution in [-0.4, -0.2) is 30.6 Å². The summed E-state index contributed by atoms with van der Waals surface area (Å²) < 4.78 is 81.2. The Balaban J connectivity index is 2.35. The van der Waals surface area contributed by atoms with Crippen LogP contribution in [0.25, 0.3) is 0 Å². The van der Waals surface area contributed by atoms with Gasteiger partial charge in [0.15, 0.2) is 0 Å². The Hall–Kier alpha value is -1.77. The first kappa shape index (κ1) is 16.6. The van der Waals surface area contributed by atoms with Crippen molar-refractivity contribution in [2.45, 2.75) is 18.9 Å². The molecule has 122 valence electrons. The maximum absolute atomic E-state index is 12.7. The fraction of sp³-hybridized carbons (Fsp3) is 0.462. The molecule has 0 atom stereocenters. The molecule has 2 rings (SSSR count). The molecule has 0 spiro atoms. The van der Waals surface area contributed by atoms with E-state index in [1.165, 1.54) is 4.90 Å². The Morgan fingerprint density at radius 1 is 1.00 bits per heavy atom. The lowest BCUT2D eigenvalue weighted by atomic mass is 10.0. The number of rotatable bonds is 2. The zero-order chi connectivity index (χ0) is 16.5. The third-order valence-corrected chi connectivity index (χ3v) is 3.10. The number of carbonyl (C=O) groups excluding carboxylic acids is 1. The van der Waals surface area contributed by atoms with Crippen LogP contribution in [0.3, 0.4) is 0 Å². The Labute approximate surface area is 121 Å². The van der Waals surface area contributed by atoms with Crippen molar-refractivity contribution in [2.24, 2.45) is 0 Å². The van der Waals surface area contributed by atoms with E-state index in [1.807, 2.05) is 0 Å². The smallest absolute Gasteiger partial charge is 0.370 e. The third-order valence-electron chi connectivity index (χ3n) is 3.10. The minimum absolute atomic E-state index is 0.0602. The zero-order valence-electron chi connectivity index (χ0n) is 11.1. The highest BCUT2D eigenvalue weighted by molar-refractivity contribution is 5.78. The molecule has 22 heavy (non-hydrogen) atoms. The van der Waals surface area contributed by atoms with Crippen molar-refractivity contribution in [3.63, 3.8) is 0 Å². The lowest BCUT2D eigenvalue weighted by Crippen LogP contribution is -2.41. The molecule has 1 heterocycles. The van der Waals surface area contributed by atoms with Crippen LogP contribution in [0.5, 0.6) is 0 Å². The van der Waals surface area contributed by atoms with Crippen LogP contribution in [0.4, 0.5) is 26.3 Å². The van der Waals surface area contributed by atoms with E-state index in [1.54, 1.807) is 0 Å². The molecule has 0 aliphatic carbocycles. The predicted octanol–water partition coefficient (Wildman–Crippen LogP) is 3.08.